The number of hydrogen-bond acceptors (Lipinski definition) is 8. The lowest BCUT2D eigenvalue weighted by molar-refractivity contribution is 0.218. The van der Waals surface area contributed by atoms with Gasteiger partial charge in [-0.25, -0.2) is 4.98 Å². The molecule has 0 bridgehead atoms. The van der Waals surface area contributed by atoms with E-state index in [9.17, 15) is 0 Å². The third-order valence-electron chi connectivity index (χ3n) is 9.01. The molecule has 0 aliphatic carbocycles. The highest BCUT2D eigenvalue weighted by Crippen LogP contribution is 2.45. The van der Waals surface area contributed by atoms with Gasteiger partial charge in [0, 0.05) is 87.2 Å². The molecule has 216 valence electrons. The Balaban J connectivity index is 1.41. The fourth-order valence-electron chi connectivity index (χ4n) is 5.25. The fraction of sp³-hybridized carbons (Fsp3) is 0.567. The monoisotopic (exact) mass is 562 g/mol. The van der Waals surface area contributed by atoms with Gasteiger partial charge in [0.1, 0.15) is 5.82 Å². The lowest BCUT2D eigenvalue weighted by atomic mass is 9.87. The van der Waals surface area contributed by atoms with Crippen molar-refractivity contribution in [2.45, 2.75) is 58.2 Å². The molecule has 0 amide bonds. The Morgan fingerprint density at radius 3 is 2.42 bits per heavy atom. The summed E-state index contributed by atoms with van der Waals surface area (Å²) in [6.07, 6.45) is 3.95. The topological polar surface area (TPSA) is 74.6 Å². The van der Waals surface area contributed by atoms with Gasteiger partial charge in [-0.05, 0) is 55.9 Å². The quantitative estimate of drug-likeness (QED) is 0.382. The Hall–Kier alpha value is -2.95. The van der Waals surface area contributed by atoms with Crippen molar-refractivity contribution in [3.8, 4) is 0 Å². The summed E-state index contributed by atoms with van der Waals surface area (Å²) in [4.78, 5) is 16.9. The Labute approximate surface area is 240 Å². The van der Waals surface area contributed by atoms with Crippen LogP contribution in [0, 0.1) is 6.92 Å². The summed E-state index contributed by atoms with van der Waals surface area (Å²) in [5, 5.41) is 8.32. The normalized spacial score (nSPS) is 20.2. The third-order valence-corrected chi connectivity index (χ3v) is 13.5. The van der Waals surface area contributed by atoms with E-state index in [1.807, 2.05) is 30.2 Å². The zero-order chi connectivity index (χ0) is 28.9. The molecule has 2 aliphatic rings. The molecule has 4 heterocycles. The molecule has 3 aromatic rings. The number of likely N-dealkylation sites (N-methyl/N-ethyl adjacent to an activating group) is 1. The summed E-state index contributed by atoms with van der Waals surface area (Å²) in [7, 11) is 2.21. The van der Waals surface area contributed by atoms with Crippen LogP contribution in [0.2, 0.25) is 18.1 Å². The van der Waals surface area contributed by atoms with Gasteiger partial charge in [-0.2, -0.15) is 10.1 Å². The molecule has 1 N–H and O–H groups in total. The van der Waals surface area contributed by atoms with Crippen LogP contribution in [0.3, 0.4) is 0 Å². The van der Waals surface area contributed by atoms with Gasteiger partial charge < -0.3 is 24.4 Å². The van der Waals surface area contributed by atoms with Gasteiger partial charge in [0.2, 0.25) is 5.95 Å². The van der Waals surface area contributed by atoms with E-state index in [1.54, 1.807) is 0 Å². The van der Waals surface area contributed by atoms with Crippen molar-refractivity contribution in [2.24, 2.45) is 7.05 Å². The first-order valence-corrected chi connectivity index (χ1v) is 17.3. The van der Waals surface area contributed by atoms with Crippen molar-refractivity contribution < 1.29 is 4.43 Å². The number of hydrogen-bond donors (Lipinski definition) is 1. The first-order chi connectivity index (χ1) is 18.8. The highest BCUT2D eigenvalue weighted by molar-refractivity contribution is 6.74. The second-order valence-corrected chi connectivity index (χ2v) is 18.2. The van der Waals surface area contributed by atoms with Crippen molar-refractivity contribution >= 4 is 37.3 Å². The smallest absolute Gasteiger partial charge is 0.229 e. The van der Waals surface area contributed by atoms with Crippen LogP contribution in [0.1, 0.15) is 38.8 Å². The standard InChI is InChI=1S/C30H46N8OSi/c1-22-18-23(10-11-25(22)37-16-14-35(6)15-17-37)32-28-31-19-24-27(33-28)38(26-12-13-36(7)34-26)20-30(24,5)21-39-40(8,9)29(2,3)4/h10-13,18-19H,14-17,20-21H2,1-9H3,(H,31,32,33)/t30-/m0/s1. The molecule has 10 heteroatoms. The molecule has 1 aromatic carbocycles. The minimum Gasteiger partial charge on any atom is -0.416 e. The molecule has 0 saturated carbocycles. The molecule has 5 rings (SSSR count). The summed E-state index contributed by atoms with van der Waals surface area (Å²) < 4.78 is 8.58. The molecule has 2 aromatic heterocycles. The van der Waals surface area contributed by atoms with E-state index >= 15 is 0 Å². The SMILES string of the molecule is Cc1cc(Nc2ncc3c(n2)N(c2ccn(C)n2)C[C@@]3(C)CO[Si](C)(C)C(C)(C)C)ccc1N1CCN(C)CC1. The van der Waals surface area contributed by atoms with Gasteiger partial charge in [0.15, 0.2) is 14.1 Å². The van der Waals surface area contributed by atoms with Gasteiger partial charge in [0.05, 0.1) is 0 Å². The number of fused-ring (bicyclic) bond motifs is 1. The number of benzene rings is 1. The van der Waals surface area contributed by atoms with Crippen LogP contribution in [0.15, 0.2) is 36.7 Å². The Morgan fingerprint density at radius 1 is 1.07 bits per heavy atom. The number of rotatable bonds is 7. The lowest BCUT2D eigenvalue weighted by Gasteiger charge is -2.39. The lowest BCUT2D eigenvalue weighted by Crippen LogP contribution is -2.45. The van der Waals surface area contributed by atoms with Crippen LogP contribution in [-0.2, 0) is 16.9 Å². The minimum absolute atomic E-state index is 0.147. The summed E-state index contributed by atoms with van der Waals surface area (Å²) >= 11 is 0. The third kappa shape index (κ3) is 5.62. The first-order valence-electron chi connectivity index (χ1n) is 14.4. The average Bonchev–Trinajstić information content (AvgIpc) is 3.44. The number of nitrogens with zero attached hydrogens (tertiary/aromatic N) is 7. The fourth-order valence-corrected chi connectivity index (χ4v) is 6.37. The van der Waals surface area contributed by atoms with Gasteiger partial charge in [-0.3, -0.25) is 4.68 Å². The zero-order valence-electron chi connectivity index (χ0n) is 25.7. The molecule has 9 nitrogen and oxygen atoms in total. The van der Waals surface area contributed by atoms with E-state index in [0.29, 0.717) is 12.6 Å². The predicted molar refractivity (Wildman–Crippen MR) is 167 cm³/mol. The average molecular weight is 563 g/mol. The Bertz CT molecular complexity index is 1360. The van der Waals surface area contributed by atoms with Crippen molar-refractivity contribution in [3.63, 3.8) is 0 Å². The second-order valence-electron chi connectivity index (χ2n) is 13.4. The Kier molecular flexibility index (Phi) is 7.47. The first kappa shape index (κ1) is 28.6. The van der Waals surface area contributed by atoms with Crippen LogP contribution < -0.4 is 15.1 Å². The number of aromatic nitrogens is 4. The van der Waals surface area contributed by atoms with Gasteiger partial charge >= 0.3 is 0 Å². The highest BCUT2D eigenvalue weighted by atomic mass is 28.4. The number of aryl methyl sites for hydroxylation is 2. The van der Waals surface area contributed by atoms with Gasteiger partial charge in [-0.15, -0.1) is 0 Å². The molecule has 1 saturated heterocycles. The molecule has 2 aliphatic heterocycles. The van der Waals surface area contributed by atoms with Crippen LogP contribution in [0.5, 0.6) is 0 Å². The summed E-state index contributed by atoms with van der Waals surface area (Å²) in [5.41, 5.74) is 4.39. The molecule has 0 spiro atoms. The largest absolute Gasteiger partial charge is 0.416 e. The Morgan fingerprint density at radius 2 is 1.80 bits per heavy atom. The van der Waals surface area contributed by atoms with Crippen LogP contribution in [-0.4, -0.2) is 79.3 Å². The zero-order valence-corrected chi connectivity index (χ0v) is 26.7. The van der Waals surface area contributed by atoms with E-state index in [4.69, 9.17) is 19.5 Å². The molecule has 0 unspecified atom stereocenters. The second kappa shape index (κ2) is 10.5. The number of anilines is 5. The maximum Gasteiger partial charge on any atom is 0.229 e. The van der Waals surface area contributed by atoms with E-state index in [1.165, 1.54) is 11.3 Å². The van der Waals surface area contributed by atoms with Gasteiger partial charge in [0.25, 0.3) is 0 Å². The van der Waals surface area contributed by atoms with Crippen LogP contribution in [0.25, 0.3) is 0 Å². The van der Waals surface area contributed by atoms with E-state index < -0.39 is 8.32 Å². The van der Waals surface area contributed by atoms with E-state index in [0.717, 1.165) is 55.6 Å². The summed E-state index contributed by atoms with van der Waals surface area (Å²) in [6.45, 7) is 21.6. The molecule has 1 fully saturated rings. The maximum atomic E-state index is 6.74. The van der Waals surface area contributed by atoms with Crippen molar-refractivity contribution in [3.05, 3.63) is 47.8 Å². The van der Waals surface area contributed by atoms with Crippen LogP contribution >= 0.6 is 0 Å². The molecule has 1 atom stereocenters. The van der Waals surface area contributed by atoms with Crippen molar-refractivity contribution in [1.82, 2.24) is 24.6 Å². The van der Waals surface area contributed by atoms with Crippen LogP contribution in [0.4, 0.5) is 29.0 Å². The maximum absolute atomic E-state index is 6.74. The van der Waals surface area contributed by atoms with E-state index in [2.05, 4.69) is 93.0 Å². The molecular weight excluding hydrogens is 516 g/mol. The van der Waals surface area contributed by atoms with E-state index in [-0.39, 0.29) is 10.5 Å². The van der Waals surface area contributed by atoms with Crippen molar-refractivity contribution in [1.29, 1.82) is 0 Å². The number of piperazine rings is 1. The predicted octanol–water partition coefficient (Wildman–Crippen LogP) is 5.45. The molecular formula is C30H46N8OSi. The molecule has 0 radical (unpaired) electrons. The number of nitrogens with one attached hydrogen (secondary N) is 1. The minimum atomic E-state index is -1.92. The van der Waals surface area contributed by atoms with Crippen molar-refractivity contribution in [2.75, 3.05) is 61.5 Å². The summed E-state index contributed by atoms with van der Waals surface area (Å²) in [6, 6.07) is 8.58. The highest BCUT2D eigenvalue weighted by Gasteiger charge is 2.45. The molecule has 40 heavy (non-hydrogen) atoms. The summed E-state index contributed by atoms with van der Waals surface area (Å²) in [5.74, 6) is 2.36. The van der Waals surface area contributed by atoms with Gasteiger partial charge in [-0.1, -0.05) is 27.7 Å².